The topological polar surface area (TPSA) is 71.0 Å². The lowest BCUT2D eigenvalue weighted by Gasteiger charge is -2.10. The number of fused-ring (bicyclic) bond motifs is 1. The second-order valence-electron chi connectivity index (χ2n) is 3.23. The van der Waals surface area contributed by atoms with E-state index in [0.717, 1.165) is 12.3 Å². The van der Waals surface area contributed by atoms with Crippen molar-refractivity contribution >= 4 is 17.4 Å². The monoisotopic (exact) mass is 226 g/mol. The SMILES string of the molecule is O=C(O)C1=C[NH2+]c2cc(F)c(F)cc2C1=O. The van der Waals surface area contributed by atoms with Crippen molar-refractivity contribution in [1.29, 1.82) is 0 Å². The van der Waals surface area contributed by atoms with Gasteiger partial charge < -0.3 is 5.11 Å². The first-order valence-electron chi connectivity index (χ1n) is 4.33. The van der Waals surface area contributed by atoms with Gasteiger partial charge in [0, 0.05) is 6.07 Å². The first-order chi connectivity index (χ1) is 7.50. The van der Waals surface area contributed by atoms with Crippen LogP contribution in [0, 0.1) is 11.6 Å². The van der Waals surface area contributed by atoms with Crippen molar-refractivity contribution in [2.24, 2.45) is 0 Å². The highest BCUT2D eigenvalue weighted by atomic mass is 19.2. The van der Waals surface area contributed by atoms with E-state index in [9.17, 15) is 18.4 Å². The molecule has 16 heavy (non-hydrogen) atoms. The van der Waals surface area contributed by atoms with E-state index in [1.807, 2.05) is 0 Å². The van der Waals surface area contributed by atoms with E-state index in [1.165, 1.54) is 5.32 Å². The molecule has 82 valence electrons. The standard InChI is InChI=1S/C10H5F2NO3/c11-6-1-4-8(2-7(6)12)13-3-5(9(4)14)10(15)16/h1-3H,(H,13,14)(H,15,16)/p+1. The molecule has 0 saturated carbocycles. The van der Waals surface area contributed by atoms with Gasteiger partial charge in [0.25, 0.3) is 0 Å². The van der Waals surface area contributed by atoms with E-state index in [1.54, 1.807) is 0 Å². The average Bonchev–Trinajstić information content (AvgIpc) is 2.21. The predicted octanol–water partition coefficient (Wildman–Crippen LogP) is 0.325. The maximum atomic E-state index is 12.9. The van der Waals surface area contributed by atoms with E-state index in [0.29, 0.717) is 6.07 Å². The zero-order valence-electron chi connectivity index (χ0n) is 7.83. The molecule has 1 aromatic carbocycles. The van der Waals surface area contributed by atoms with Gasteiger partial charge >= 0.3 is 5.97 Å². The van der Waals surface area contributed by atoms with Crippen LogP contribution < -0.4 is 5.32 Å². The summed E-state index contributed by atoms with van der Waals surface area (Å²) in [6, 6.07) is 1.57. The molecule has 0 unspecified atom stereocenters. The number of carbonyl (C=O) groups is 2. The van der Waals surface area contributed by atoms with Gasteiger partial charge in [0.15, 0.2) is 17.2 Å². The minimum Gasteiger partial charge on any atom is -0.477 e. The van der Waals surface area contributed by atoms with Crippen molar-refractivity contribution in [3.05, 3.63) is 41.1 Å². The Bertz CT molecular complexity index is 537. The summed E-state index contributed by atoms with van der Waals surface area (Å²) in [5, 5.41) is 9.95. The highest BCUT2D eigenvalue weighted by Crippen LogP contribution is 2.21. The molecule has 0 saturated heterocycles. The molecule has 6 heteroatoms. The predicted molar refractivity (Wildman–Crippen MR) is 48.0 cm³/mol. The Balaban J connectivity index is 2.55. The number of nitrogens with two attached hydrogens (primary N) is 1. The van der Waals surface area contributed by atoms with Crippen LogP contribution in [0.4, 0.5) is 14.5 Å². The van der Waals surface area contributed by atoms with Crippen LogP contribution in [-0.4, -0.2) is 16.9 Å². The molecule has 0 atom stereocenters. The number of carboxylic acid groups (broad SMARTS) is 1. The number of carbonyl (C=O) groups excluding carboxylic acids is 1. The lowest BCUT2D eigenvalue weighted by atomic mass is 9.99. The lowest BCUT2D eigenvalue weighted by molar-refractivity contribution is -0.498. The molecule has 1 aliphatic rings. The number of aliphatic carboxylic acids is 1. The average molecular weight is 226 g/mol. The molecule has 2 rings (SSSR count). The summed E-state index contributed by atoms with van der Waals surface area (Å²) in [6.45, 7) is 0. The molecule has 0 aromatic heterocycles. The van der Waals surface area contributed by atoms with Crippen molar-refractivity contribution in [3.63, 3.8) is 0 Å². The number of hydrogen-bond donors (Lipinski definition) is 2. The fourth-order valence-electron chi connectivity index (χ4n) is 1.46. The summed E-state index contributed by atoms with van der Waals surface area (Å²) < 4.78 is 25.7. The third kappa shape index (κ3) is 1.49. The molecule has 1 aromatic rings. The Labute approximate surface area is 88.2 Å². The van der Waals surface area contributed by atoms with Crippen LogP contribution in [-0.2, 0) is 4.79 Å². The molecule has 3 N–H and O–H groups in total. The van der Waals surface area contributed by atoms with E-state index < -0.39 is 29.0 Å². The number of halogens is 2. The molecule has 0 radical (unpaired) electrons. The Morgan fingerprint density at radius 3 is 2.50 bits per heavy atom. The van der Waals surface area contributed by atoms with Crippen LogP contribution in [0.2, 0.25) is 0 Å². The molecular weight excluding hydrogens is 220 g/mol. The van der Waals surface area contributed by atoms with Crippen molar-refractivity contribution in [3.8, 4) is 0 Å². The number of carboxylic acids is 1. The summed E-state index contributed by atoms with van der Waals surface area (Å²) >= 11 is 0. The summed E-state index contributed by atoms with van der Waals surface area (Å²) in [4.78, 5) is 22.2. The first-order valence-corrected chi connectivity index (χ1v) is 4.33. The van der Waals surface area contributed by atoms with Crippen LogP contribution in [0.15, 0.2) is 23.9 Å². The van der Waals surface area contributed by atoms with Gasteiger partial charge in [-0.2, -0.15) is 0 Å². The maximum Gasteiger partial charge on any atom is 0.345 e. The Kier molecular flexibility index (Phi) is 2.28. The van der Waals surface area contributed by atoms with Crippen molar-refractivity contribution < 1.29 is 28.8 Å². The second-order valence-corrected chi connectivity index (χ2v) is 3.23. The van der Waals surface area contributed by atoms with Crippen molar-refractivity contribution in [2.45, 2.75) is 0 Å². The van der Waals surface area contributed by atoms with Crippen LogP contribution in [0.25, 0.3) is 0 Å². The number of quaternary nitrogens is 1. The van der Waals surface area contributed by atoms with Crippen molar-refractivity contribution in [1.82, 2.24) is 0 Å². The molecule has 1 heterocycles. The van der Waals surface area contributed by atoms with Crippen LogP contribution >= 0.6 is 0 Å². The minimum atomic E-state index is -1.39. The Hall–Kier alpha value is -2.08. The van der Waals surface area contributed by atoms with Crippen LogP contribution in [0.5, 0.6) is 0 Å². The third-order valence-corrected chi connectivity index (χ3v) is 2.24. The number of hydrogen-bond acceptors (Lipinski definition) is 2. The summed E-state index contributed by atoms with van der Waals surface area (Å²) in [5.74, 6) is -4.46. The van der Waals surface area contributed by atoms with Gasteiger partial charge in [0.05, 0.1) is 5.56 Å². The maximum absolute atomic E-state index is 12.9. The quantitative estimate of drug-likeness (QED) is 0.535. The number of ketones is 1. The molecule has 0 spiro atoms. The van der Waals surface area contributed by atoms with Gasteiger partial charge in [-0.3, -0.25) is 10.1 Å². The largest absolute Gasteiger partial charge is 0.477 e. The molecule has 1 aliphatic heterocycles. The van der Waals surface area contributed by atoms with Gasteiger partial charge in [0.1, 0.15) is 11.9 Å². The van der Waals surface area contributed by atoms with Gasteiger partial charge in [0.2, 0.25) is 5.78 Å². The molecule has 0 bridgehead atoms. The highest BCUT2D eigenvalue weighted by Gasteiger charge is 2.30. The van der Waals surface area contributed by atoms with E-state index in [2.05, 4.69) is 0 Å². The van der Waals surface area contributed by atoms with E-state index >= 15 is 0 Å². The Morgan fingerprint density at radius 1 is 1.25 bits per heavy atom. The van der Waals surface area contributed by atoms with Gasteiger partial charge in [-0.25, -0.2) is 13.6 Å². The fraction of sp³-hybridized carbons (Fsp3) is 0. The number of Topliss-reactive ketones (excluding diaryl/α,β-unsaturated/α-hetero) is 1. The van der Waals surface area contributed by atoms with Gasteiger partial charge in [-0.1, -0.05) is 0 Å². The lowest BCUT2D eigenvalue weighted by Crippen LogP contribution is -2.73. The normalized spacial score (nSPS) is 14.4. The van der Waals surface area contributed by atoms with E-state index in [-0.39, 0.29) is 11.3 Å². The molecule has 4 nitrogen and oxygen atoms in total. The van der Waals surface area contributed by atoms with Crippen LogP contribution in [0.3, 0.4) is 0 Å². The smallest absolute Gasteiger partial charge is 0.345 e. The molecular formula is C10H6F2NO3+. The molecule has 0 fully saturated rings. The molecule has 0 amide bonds. The Morgan fingerprint density at radius 2 is 1.88 bits per heavy atom. The summed E-state index contributed by atoms with van der Waals surface area (Å²) in [6.07, 6.45) is 1.07. The molecule has 0 aliphatic carbocycles. The van der Waals surface area contributed by atoms with Gasteiger partial charge in [-0.05, 0) is 6.07 Å². The zero-order valence-corrected chi connectivity index (χ0v) is 7.83. The minimum absolute atomic E-state index is 0.140. The van der Waals surface area contributed by atoms with E-state index in [4.69, 9.17) is 5.11 Å². The second kappa shape index (κ2) is 3.49. The van der Waals surface area contributed by atoms with Gasteiger partial charge in [-0.15, -0.1) is 0 Å². The first kappa shape index (κ1) is 10.4. The summed E-state index contributed by atoms with van der Waals surface area (Å²) in [5.41, 5.74) is -0.425. The fourth-order valence-corrected chi connectivity index (χ4v) is 1.46. The number of rotatable bonds is 1. The highest BCUT2D eigenvalue weighted by molar-refractivity contribution is 6.25. The zero-order chi connectivity index (χ0) is 11.9. The number of benzene rings is 1. The third-order valence-electron chi connectivity index (χ3n) is 2.24. The van der Waals surface area contributed by atoms with Crippen molar-refractivity contribution in [2.75, 3.05) is 0 Å². The van der Waals surface area contributed by atoms with Crippen LogP contribution in [0.1, 0.15) is 10.4 Å². The summed E-state index contributed by atoms with van der Waals surface area (Å²) in [7, 11) is 0.